The van der Waals surface area contributed by atoms with Crippen molar-refractivity contribution in [2.75, 3.05) is 25.6 Å². The molecule has 1 aromatic heterocycles. The molecule has 1 saturated heterocycles. The normalized spacial score (nSPS) is 20.7. The molecule has 18 nitrogen and oxygen atoms in total. The van der Waals surface area contributed by atoms with Crippen LogP contribution in [-0.4, -0.2) is 85.7 Å². The number of aliphatic hydroxyl groups excluding tert-OH is 2. The van der Waals surface area contributed by atoms with E-state index < -0.39 is 83.7 Å². The Morgan fingerprint density at radius 2 is 1.40 bits per heavy atom. The first kappa shape index (κ1) is 56.4. The standard InChI is InChI=1S/C43H75N3O15P2/c1-4-6-7-8-9-10-11-12-13-14-15-16-17-22-25-28-39(48)59-35(31-56-38(47)27-24-21-19-18-20-23-26-34(3)5-2)32-57-62(52,53)61-63(54,55)58-33-36-40(49)41(50)42(60-36)46-30-29-37(44)45-43(46)51/h10-13,29-30,34-36,40-42,49-50H,4-9,14-28,31-33H2,1-3H3,(H,52,53)(H,54,55)(H2,44,45,51)/b11-10-,13-12-/t34?,35-,36-,40+,41?,42-/m1/s1. The number of nitrogens with two attached hydrogens (primary N) is 1. The predicted octanol–water partition coefficient (Wildman–Crippen LogP) is 8.13. The van der Waals surface area contributed by atoms with Gasteiger partial charge in [0.05, 0.1) is 13.2 Å². The van der Waals surface area contributed by atoms with Crippen LogP contribution >= 0.6 is 15.6 Å². The van der Waals surface area contributed by atoms with Crippen LogP contribution in [0.25, 0.3) is 0 Å². The van der Waals surface area contributed by atoms with Crippen molar-refractivity contribution in [2.45, 2.75) is 186 Å². The van der Waals surface area contributed by atoms with Crippen LogP contribution in [0.4, 0.5) is 5.82 Å². The zero-order valence-electron chi connectivity index (χ0n) is 37.5. The van der Waals surface area contributed by atoms with Gasteiger partial charge >= 0.3 is 33.3 Å². The summed E-state index contributed by atoms with van der Waals surface area (Å²) in [6.07, 6.45) is 21.6. The van der Waals surface area contributed by atoms with Gasteiger partial charge in [-0.2, -0.15) is 9.29 Å². The van der Waals surface area contributed by atoms with Gasteiger partial charge in [-0.3, -0.25) is 23.2 Å². The molecule has 2 heterocycles. The summed E-state index contributed by atoms with van der Waals surface area (Å²) >= 11 is 0. The highest BCUT2D eigenvalue weighted by molar-refractivity contribution is 7.61. The monoisotopic (exact) mass is 935 g/mol. The molecule has 1 aliphatic rings. The van der Waals surface area contributed by atoms with Crippen LogP contribution in [0.5, 0.6) is 0 Å². The fourth-order valence-electron chi connectivity index (χ4n) is 6.63. The van der Waals surface area contributed by atoms with E-state index in [9.17, 15) is 43.5 Å². The lowest BCUT2D eigenvalue weighted by Crippen LogP contribution is -2.36. The maximum atomic E-state index is 12.8. The number of phosphoric acid groups is 2. The molecule has 0 radical (unpaired) electrons. The first-order valence-corrected chi connectivity index (χ1v) is 25.8. The van der Waals surface area contributed by atoms with Crippen molar-refractivity contribution in [3.63, 3.8) is 0 Å². The van der Waals surface area contributed by atoms with Crippen LogP contribution in [0.1, 0.15) is 162 Å². The van der Waals surface area contributed by atoms with Crippen LogP contribution < -0.4 is 11.4 Å². The van der Waals surface area contributed by atoms with Gasteiger partial charge < -0.3 is 39.9 Å². The van der Waals surface area contributed by atoms with E-state index in [1.54, 1.807) is 0 Å². The quantitative estimate of drug-likeness (QED) is 0.0184. The van der Waals surface area contributed by atoms with Gasteiger partial charge in [0.2, 0.25) is 0 Å². The number of anilines is 1. The molecular formula is C43H75N3O15P2. The minimum atomic E-state index is -5.42. The van der Waals surface area contributed by atoms with Crippen molar-refractivity contribution >= 4 is 33.4 Å². The maximum Gasteiger partial charge on any atom is 0.481 e. The zero-order chi connectivity index (χ0) is 46.5. The average molecular weight is 936 g/mol. The first-order chi connectivity index (χ1) is 30.1. The van der Waals surface area contributed by atoms with E-state index in [1.807, 2.05) is 0 Å². The number of rotatable bonds is 36. The Morgan fingerprint density at radius 3 is 2.02 bits per heavy atom. The molecule has 362 valence electrons. The van der Waals surface area contributed by atoms with E-state index in [2.05, 4.69) is 54.4 Å². The van der Waals surface area contributed by atoms with Crippen LogP contribution in [0, 0.1) is 5.92 Å². The smallest absolute Gasteiger partial charge is 0.462 e. The molecule has 20 heteroatoms. The number of nitrogen functional groups attached to an aromatic ring is 1. The van der Waals surface area contributed by atoms with Crippen molar-refractivity contribution in [1.29, 1.82) is 0 Å². The third-order valence-corrected chi connectivity index (χ3v) is 13.2. The summed E-state index contributed by atoms with van der Waals surface area (Å²) in [5, 5.41) is 20.8. The van der Waals surface area contributed by atoms with Crippen molar-refractivity contribution in [1.82, 2.24) is 9.55 Å². The molecule has 8 atom stereocenters. The number of unbranched alkanes of at least 4 members (excludes halogenated alkanes) is 14. The molecule has 0 aromatic carbocycles. The highest BCUT2D eigenvalue weighted by atomic mass is 31.3. The second-order valence-corrected chi connectivity index (χ2v) is 19.2. The minimum absolute atomic E-state index is 0.0336. The highest BCUT2D eigenvalue weighted by Gasteiger charge is 2.46. The van der Waals surface area contributed by atoms with E-state index >= 15 is 0 Å². The highest BCUT2D eigenvalue weighted by Crippen LogP contribution is 2.60. The lowest BCUT2D eigenvalue weighted by molar-refractivity contribution is -0.161. The van der Waals surface area contributed by atoms with Crippen LogP contribution in [-0.2, 0) is 46.3 Å². The Balaban J connectivity index is 1.85. The third kappa shape index (κ3) is 25.5. The second-order valence-electron chi connectivity index (χ2n) is 16.2. The number of ether oxygens (including phenoxy) is 3. The lowest BCUT2D eigenvalue weighted by Gasteiger charge is -2.21. The molecular weight excluding hydrogens is 860 g/mol. The molecule has 0 aliphatic carbocycles. The Hall–Kier alpha value is -2.76. The molecule has 6 N–H and O–H groups in total. The van der Waals surface area contributed by atoms with Gasteiger partial charge in [-0.15, -0.1) is 0 Å². The Kier molecular flexibility index (Phi) is 28.6. The molecule has 1 aliphatic heterocycles. The number of hydrogen-bond donors (Lipinski definition) is 5. The lowest BCUT2D eigenvalue weighted by atomic mass is 10.00. The maximum absolute atomic E-state index is 12.8. The SMILES string of the molecule is CCCCCC/C=C\C=C/CCCCCCCC(=O)O[C@H](COC(=O)CCCCCCCCC(C)CC)COP(=O)(O)OP(=O)(O)OC[C@H]1O[C@@H](n2ccc(N)nc2=O)C(O)[C@H]1O. The van der Waals surface area contributed by atoms with Crippen molar-refractivity contribution in [2.24, 2.45) is 5.92 Å². The second kappa shape index (κ2) is 32.0. The van der Waals surface area contributed by atoms with E-state index in [4.69, 9.17) is 29.0 Å². The predicted molar refractivity (Wildman–Crippen MR) is 238 cm³/mol. The molecule has 2 rings (SSSR count). The van der Waals surface area contributed by atoms with Crippen LogP contribution in [0.3, 0.4) is 0 Å². The number of phosphoric ester groups is 2. The molecule has 0 spiro atoms. The van der Waals surface area contributed by atoms with Gasteiger partial charge in [0, 0.05) is 19.0 Å². The number of aliphatic hydroxyl groups is 2. The summed E-state index contributed by atoms with van der Waals surface area (Å²) in [7, 11) is -10.8. The number of esters is 2. The Labute approximate surface area is 373 Å². The van der Waals surface area contributed by atoms with E-state index in [0.29, 0.717) is 12.8 Å². The zero-order valence-corrected chi connectivity index (χ0v) is 39.3. The molecule has 0 saturated carbocycles. The Morgan fingerprint density at radius 1 is 0.825 bits per heavy atom. The van der Waals surface area contributed by atoms with E-state index in [0.717, 1.165) is 80.9 Å². The van der Waals surface area contributed by atoms with Crippen LogP contribution in [0.15, 0.2) is 41.4 Å². The Bertz CT molecular complexity index is 1660. The summed E-state index contributed by atoms with van der Waals surface area (Å²) in [6, 6.07) is 1.25. The molecule has 1 aromatic rings. The minimum Gasteiger partial charge on any atom is -0.462 e. The number of carbonyl (C=O) groups is 2. The molecule has 0 bridgehead atoms. The van der Waals surface area contributed by atoms with Gasteiger partial charge in [-0.05, 0) is 50.5 Å². The van der Waals surface area contributed by atoms with Crippen LogP contribution in [0.2, 0.25) is 0 Å². The van der Waals surface area contributed by atoms with Gasteiger partial charge in [0.25, 0.3) is 0 Å². The summed E-state index contributed by atoms with van der Waals surface area (Å²) < 4.78 is 56.5. The van der Waals surface area contributed by atoms with E-state index in [-0.39, 0.29) is 18.7 Å². The van der Waals surface area contributed by atoms with Crippen molar-refractivity contribution in [3.8, 4) is 0 Å². The summed E-state index contributed by atoms with van der Waals surface area (Å²) in [5.41, 5.74) is 4.58. The molecule has 63 heavy (non-hydrogen) atoms. The van der Waals surface area contributed by atoms with Crippen molar-refractivity contribution in [3.05, 3.63) is 47.1 Å². The van der Waals surface area contributed by atoms with Crippen molar-refractivity contribution < 1.29 is 66.3 Å². The molecule has 1 fully saturated rings. The summed E-state index contributed by atoms with van der Waals surface area (Å²) in [4.78, 5) is 61.6. The number of nitrogens with zero attached hydrogens (tertiary/aromatic N) is 2. The van der Waals surface area contributed by atoms with Gasteiger partial charge in [-0.1, -0.05) is 129 Å². The number of carbonyl (C=O) groups excluding carboxylic acids is 2. The largest absolute Gasteiger partial charge is 0.481 e. The number of aromatic nitrogens is 2. The third-order valence-electron chi connectivity index (χ3n) is 10.6. The molecule has 4 unspecified atom stereocenters. The molecule has 0 amide bonds. The summed E-state index contributed by atoms with van der Waals surface area (Å²) in [5.74, 6) is -0.593. The topological polar surface area (TPSA) is 265 Å². The van der Waals surface area contributed by atoms with Gasteiger partial charge in [-0.25, -0.2) is 13.9 Å². The fourth-order valence-corrected chi connectivity index (χ4v) is 8.74. The van der Waals surface area contributed by atoms with Gasteiger partial charge in [0.1, 0.15) is 30.7 Å². The number of hydrogen-bond acceptors (Lipinski definition) is 15. The van der Waals surface area contributed by atoms with Gasteiger partial charge in [0.15, 0.2) is 12.3 Å². The summed E-state index contributed by atoms with van der Waals surface area (Å²) in [6.45, 7) is 4.33. The first-order valence-electron chi connectivity index (χ1n) is 22.8. The van der Waals surface area contributed by atoms with E-state index in [1.165, 1.54) is 51.0 Å². The number of allylic oxidation sites excluding steroid dienone is 4. The average Bonchev–Trinajstić information content (AvgIpc) is 3.51. The fraction of sp³-hybridized carbons (Fsp3) is 0.767.